The molecule has 0 fully saturated rings. The Morgan fingerprint density at radius 1 is 0.565 bits per heavy atom. The van der Waals surface area contributed by atoms with E-state index in [1.54, 1.807) is 0 Å². The van der Waals surface area contributed by atoms with Crippen LogP contribution in [0.4, 0.5) is 0 Å². The molecule has 6 rings (SSSR count). The second kappa shape index (κ2) is 3.76. The minimum atomic E-state index is 0.941. The third-order valence-corrected chi connectivity index (χ3v) is 4.70. The zero-order chi connectivity index (χ0) is 15.0. The van der Waals surface area contributed by atoms with Gasteiger partial charge in [0.2, 0.25) is 0 Å². The molecule has 0 amide bonds. The maximum atomic E-state index is 4.79. The van der Waals surface area contributed by atoms with E-state index in [4.69, 9.17) is 9.97 Å². The molecular formula is C20H11N3. The molecule has 0 spiro atoms. The van der Waals surface area contributed by atoms with Crippen molar-refractivity contribution in [3.05, 3.63) is 66.7 Å². The Hall–Kier alpha value is -3.20. The smallest absolute Gasteiger partial charge is 0.0901 e. The van der Waals surface area contributed by atoms with Crippen LogP contribution in [0.15, 0.2) is 66.7 Å². The number of para-hydroxylation sites is 2. The molecule has 0 saturated carbocycles. The normalized spacial score (nSPS) is 12.3. The molecule has 3 heteroatoms. The monoisotopic (exact) mass is 293 g/mol. The fourth-order valence-corrected chi connectivity index (χ4v) is 3.68. The van der Waals surface area contributed by atoms with Gasteiger partial charge in [0.15, 0.2) is 0 Å². The first kappa shape index (κ1) is 11.4. The summed E-state index contributed by atoms with van der Waals surface area (Å²) in [5, 5.41) is 2.48. The summed E-state index contributed by atoms with van der Waals surface area (Å²) in [6.45, 7) is 0. The number of hydrogen-bond donors (Lipinski definition) is 0. The lowest BCUT2D eigenvalue weighted by molar-refractivity contribution is 1.36. The van der Waals surface area contributed by atoms with Gasteiger partial charge in [-0.15, -0.1) is 0 Å². The molecular weight excluding hydrogens is 282 g/mol. The molecule has 0 N–H and O–H groups in total. The molecule has 6 aromatic rings. The molecule has 0 bridgehead atoms. The van der Waals surface area contributed by atoms with Crippen molar-refractivity contribution in [2.75, 3.05) is 0 Å². The van der Waals surface area contributed by atoms with Gasteiger partial charge in [-0.3, -0.25) is 0 Å². The molecule has 4 heterocycles. The van der Waals surface area contributed by atoms with E-state index in [2.05, 4.69) is 46.9 Å². The minimum absolute atomic E-state index is 0.941. The van der Waals surface area contributed by atoms with Crippen molar-refractivity contribution < 1.29 is 0 Å². The predicted molar refractivity (Wildman–Crippen MR) is 94.2 cm³/mol. The first-order chi connectivity index (χ1) is 11.4. The Kier molecular flexibility index (Phi) is 1.86. The van der Waals surface area contributed by atoms with Gasteiger partial charge in [0.05, 0.1) is 33.1 Å². The van der Waals surface area contributed by atoms with E-state index in [9.17, 15) is 0 Å². The first-order valence-corrected chi connectivity index (χ1v) is 7.70. The SMILES string of the molecule is c1ccc2nc3cc4c(cc3nc2c1)c1cccc2ccc4n21. The topological polar surface area (TPSA) is 30.2 Å². The van der Waals surface area contributed by atoms with E-state index in [1.165, 1.54) is 27.3 Å². The largest absolute Gasteiger partial charge is 0.309 e. The number of hydrogen-bond acceptors (Lipinski definition) is 2. The van der Waals surface area contributed by atoms with Crippen molar-refractivity contribution in [1.82, 2.24) is 14.4 Å². The Labute approximate surface area is 131 Å². The molecule has 0 saturated heterocycles. The van der Waals surface area contributed by atoms with Crippen LogP contribution >= 0.6 is 0 Å². The Morgan fingerprint density at radius 3 is 1.91 bits per heavy atom. The first-order valence-electron chi connectivity index (χ1n) is 7.70. The molecule has 23 heavy (non-hydrogen) atoms. The van der Waals surface area contributed by atoms with E-state index in [0.717, 1.165) is 22.1 Å². The van der Waals surface area contributed by atoms with Crippen molar-refractivity contribution in [1.29, 1.82) is 0 Å². The second-order valence-electron chi connectivity index (χ2n) is 5.99. The zero-order valence-corrected chi connectivity index (χ0v) is 12.2. The number of fused-ring (bicyclic) bond motifs is 5. The van der Waals surface area contributed by atoms with Crippen LogP contribution in [0.5, 0.6) is 0 Å². The van der Waals surface area contributed by atoms with Crippen LogP contribution in [-0.4, -0.2) is 14.4 Å². The van der Waals surface area contributed by atoms with E-state index in [1.807, 2.05) is 24.3 Å². The van der Waals surface area contributed by atoms with Gasteiger partial charge in [-0.25, -0.2) is 9.97 Å². The summed E-state index contributed by atoms with van der Waals surface area (Å²) in [5.74, 6) is 0. The minimum Gasteiger partial charge on any atom is -0.309 e. The van der Waals surface area contributed by atoms with Crippen molar-refractivity contribution in [2.24, 2.45) is 0 Å². The van der Waals surface area contributed by atoms with Gasteiger partial charge in [-0.05, 0) is 48.5 Å². The summed E-state index contributed by atoms with van der Waals surface area (Å²) in [6, 6.07) is 23.1. The van der Waals surface area contributed by atoms with Gasteiger partial charge >= 0.3 is 0 Å². The highest BCUT2D eigenvalue weighted by Gasteiger charge is 2.13. The molecule has 2 aromatic carbocycles. The van der Waals surface area contributed by atoms with Crippen molar-refractivity contribution in [3.63, 3.8) is 0 Å². The molecule has 0 unspecified atom stereocenters. The Balaban J connectivity index is 1.89. The number of nitrogens with zero attached hydrogens (tertiary/aromatic N) is 3. The number of rotatable bonds is 0. The molecule has 0 atom stereocenters. The van der Waals surface area contributed by atoms with Gasteiger partial charge in [-0.2, -0.15) is 0 Å². The van der Waals surface area contributed by atoms with Gasteiger partial charge in [0, 0.05) is 16.3 Å². The lowest BCUT2D eigenvalue weighted by Gasteiger charge is -2.01. The van der Waals surface area contributed by atoms with E-state index in [-0.39, 0.29) is 0 Å². The maximum Gasteiger partial charge on any atom is 0.0901 e. The van der Waals surface area contributed by atoms with Crippen LogP contribution in [0.3, 0.4) is 0 Å². The highest BCUT2D eigenvalue weighted by molar-refractivity contribution is 6.14. The summed E-state index contributed by atoms with van der Waals surface area (Å²) >= 11 is 0. The lowest BCUT2D eigenvalue weighted by atomic mass is 10.1. The van der Waals surface area contributed by atoms with Crippen molar-refractivity contribution in [2.45, 2.75) is 0 Å². The molecule has 0 aliphatic carbocycles. The van der Waals surface area contributed by atoms with Gasteiger partial charge < -0.3 is 4.40 Å². The highest BCUT2D eigenvalue weighted by Crippen LogP contribution is 2.33. The highest BCUT2D eigenvalue weighted by atomic mass is 14.9. The van der Waals surface area contributed by atoms with Crippen LogP contribution < -0.4 is 0 Å². The van der Waals surface area contributed by atoms with Gasteiger partial charge in [0.25, 0.3) is 0 Å². The summed E-state index contributed by atoms with van der Waals surface area (Å²) in [6.07, 6.45) is 0. The van der Waals surface area contributed by atoms with E-state index >= 15 is 0 Å². The van der Waals surface area contributed by atoms with Crippen LogP contribution in [0.2, 0.25) is 0 Å². The number of benzene rings is 2. The summed E-state index contributed by atoms with van der Waals surface area (Å²) < 4.78 is 2.31. The van der Waals surface area contributed by atoms with Crippen molar-refractivity contribution in [3.8, 4) is 0 Å². The summed E-state index contributed by atoms with van der Waals surface area (Å²) in [4.78, 5) is 9.59. The third-order valence-electron chi connectivity index (χ3n) is 4.70. The number of pyridine rings is 1. The second-order valence-corrected chi connectivity index (χ2v) is 5.99. The average molecular weight is 293 g/mol. The lowest BCUT2D eigenvalue weighted by Crippen LogP contribution is -1.86. The van der Waals surface area contributed by atoms with Gasteiger partial charge in [0.1, 0.15) is 0 Å². The maximum absolute atomic E-state index is 4.79. The average Bonchev–Trinajstić information content (AvgIpc) is 3.15. The molecule has 0 radical (unpaired) electrons. The standard InChI is InChI=1S/C20H11N3/c1-2-6-16-15(5-1)21-17-10-13-14(11-18(17)22-16)20-9-8-12-4-3-7-19(13)23(12)20/h1-11H. The fraction of sp³-hybridized carbons (Fsp3) is 0. The van der Waals surface area contributed by atoms with E-state index in [0.29, 0.717) is 0 Å². The van der Waals surface area contributed by atoms with Crippen LogP contribution in [0.25, 0.3) is 49.4 Å². The molecule has 0 aliphatic rings. The summed E-state index contributed by atoms with van der Waals surface area (Å²) in [7, 11) is 0. The molecule has 3 nitrogen and oxygen atoms in total. The molecule has 0 aliphatic heterocycles. The Morgan fingerprint density at radius 2 is 1.22 bits per heavy atom. The zero-order valence-electron chi connectivity index (χ0n) is 12.2. The predicted octanol–water partition coefficient (Wildman–Crippen LogP) is 4.78. The van der Waals surface area contributed by atoms with Crippen LogP contribution in [0, 0.1) is 0 Å². The molecule has 106 valence electrons. The van der Waals surface area contributed by atoms with Crippen molar-refractivity contribution >= 4 is 49.4 Å². The van der Waals surface area contributed by atoms with Crippen LogP contribution in [0.1, 0.15) is 0 Å². The Bertz CT molecular complexity index is 1310. The quantitative estimate of drug-likeness (QED) is 0.377. The fourth-order valence-electron chi connectivity index (χ4n) is 3.68. The summed E-state index contributed by atoms with van der Waals surface area (Å²) in [5.41, 5.74) is 7.47. The third kappa shape index (κ3) is 1.35. The number of aromatic nitrogens is 3. The molecule has 4 aromatic heterocycles. The van der Waals surface area contributed by atoms with Gasteiger partial charge in [-0.1, -0.05) is 18.2 Å². The van der Waals surface area contributed by atoms with Crippen LogP contribution in [-0.2, 0) is 0 Å². The van der Waals surface area contributed by atoms with E-state index < -0.39 is 0 Å².